The molecule has 11 heteroatoms. The molecule has 2 aromatic carbocycles. The van der Waals surface area contributed by atoms with Gasteiger partial charge in [0.2, 0.25) is 10.0 Å². The largest absolute Gasteiger partial charge is 0.496 e. The first-order valence-corrected chi connectivity index (χ1v) is 15.6. The Balaban J connectivity index is 1.76. The number of ether oxygens (including phenoxy) is 2. The van der Waals surface area contributed by atoms with Gasteiger partial charge in [-0.05, 0) is 56.2 Å². The SMILES string of the molecule is COc1ccc(N2CCOCC2)cc1C(=O)N1CCN(C(C)C)CCCN(S(C)(=O)=O)c2cc(Cl)ccc2C1. The first-order valence-electron chi connectivity index (χ1n) is 13.4. The third-order valence-electron chi connectivity index (χ3n) is 7.35. The number of methoxy groups -OCH3 is 1. The summed E-state index contributed by atoms with van der Waals surface area (Å²) >= 11 is 6.34. The monoisotopic (exact) mass is 578 g/mol. The highest BCUT2D eigenvalue weighted by molar-refractivity contribution is 7.92. The van der Waals surface area contributed by atoms with Crippen LogP contribution in [0.5, 0.6) is 5.75 Å². The molecular weight excluding hydrogens is 540 g/mol. The number of morpholine rings is 1. The van der Waals surface area contributed by atoms with E-state index in [-0.39, 0.29) is 18.5 Å². The van der Waals surface area contributed by atoms with Crippen molar-refractivity contribution in [2.24, 2.45) is 0 Å². The van der Waals surface area contributed by atoms with Gasteiger partial charge >= 0.3 is 0 Å². The molecule has 1 saturated heterocycles. The van der Waals surface area contributed by atoms with Gasteiger partial charge in [-0.15, -0.1) is 0 Å². The first kappa shape index (κ1) is 29.5. The highest BCUT2D eigenvalue weighted by atomic mass is 35.5. The Morgan fingerprint density at radius 3 is 2.41 bits per heavy atom. The molecule has 0 bridgehead atoms. The summed E-state index contributed by atoms with van der Waals surface area (Å²) in [5, 5.41) is 0.443. The maximum absolute atomic E-state index is 14.2. The molecule has 9 nitrogen and oxygen atoms in total. The van der Waals surface area contributed by atoms with Crippen molar-refractivity contribution in [1.29, 1.82) is 0 Å². The van der Waals surface area contributed by atoms with Crippen molar-refractivity contribution in [3.8, 4) is 5.75 Å². The van der Waals surface area contributed by atoms with E-state index in [1.807, 2.05) is 24.3 Å². The van der Waals surface area contributed by atoms with Crippen molar-refractivity contribution in [1.82, 2.24) is 9.80 Å². The third kappa shape index (κ3) is 7.16. The molecule has 0 unspecified atom stereocenters. The van der Waals surface area contributed by atoms with E-state index in [4.69, 9.17) is 21.1 Å². The summed E-state index contributed by atoms with van der Waals surface area (Å²) in [5.41, 5.74) is 2.65. The highest BCUT2D eigenvalue weighted by Crippen LogP contribution is 2.31. The second-order valence-corrected chi connectivity index (χ2v) is 12.6. The molecule has 214 valence electrons. The Labute approximate surface area is 237 Å². The van der Waals surface area contributed by atoms with Crippen LogP contribution in [-0.2, 0) is 21.3 Å². The standard InChI is InChI=1S/C28H39ClN4O5S/c1-21(2)30-10-5-11-33(39(4,35)36)26-18-23(29)7-6-22(26)20-32(13-12-30)28(34)25-19-24(8-9-27(25)37-3)31-14-16-38-17-15-31/h6-9,18-19,21H,5,10-17,20H2,1-4H3. The number of rotatable bonds is 5. The molecule has 0 N–H and O–H groups in total. The lowest BCUT2D eigenvalue weighted by molar-refractivity contribution is 0.0708. The van der Waals surface area contributed by atoms with Gasteiger partial charge in [0.25, 0.3) is 5.91 Å². The van der Waals surface area contributed by atoms with Gasteiger partial charge < -0.3 is 19.3 Å². The van der Waals surface area contributed by atoms with Crippen LogP contribution in [0.3, 0.4) is 0 Å². The molecule has 39 heavy (non-hydrogen) atoms. The van der Waals surface area contributed by atoms with Gasteiger partial charge in [0, 0.05) is 62.6 Å². The topological polar surface area (TPSA) is 82.6 Å². The number of carbonyl (C=O) groups excluding carboxylic acids is 1. The summed E-state index contributed by atoms with van der Waals surface area (Å²) in [6, 6.07) is 11.2. The summed E-state index contributed by atoms with van der Waals surface area (Å²) in [6.45, 7) is 9.42. The smallest absolute Gasteiger partial charge is 0.258 e. The second kappa shape index (κ2) is 12.8. The number of hydrogen-bond donors (Lipinski definition) is 0. The Morgan fingerprint density at radius 1 is 1.00 bits per heavy atom. The number of sulfonamides is 1. The third-order valence-corrected chi connectivity index (χ3v) is 8.76. The summed E-state index contributed by atoms with van der Waals surface area (Å²) in [6.07, 6.45) is 1.86. The second-order valence-electron chi connectivity index (χ2n) is 10.3. The molecule has 0 aromatic heterocycles. The van der Waals surface area contributed by atoms with Gasteiger partial charge in [-0.2, -0.15) is 0 Å². The normalized spacial score (nSPS) is 18.1. The minimum atomic E-state index is -3.57. The molecule has 0 aliphatic carbocycles. The first-order chi connectivity index (χ1) is 18.6. The van der Waals surface area contributed by atoms with Crippen LogP contribution in [0.15, 0.2) is 36.4 Å². The van der Waals surface area contributed by atoms with Crippen LogP contribution in [0, 0.1) is 0 Å². The zero-order chi connectivity index (χ0) is 28.2. The molecule has 0 atom stereocenters. The zero-order valence-electron chi connectivity index (χ0n) is 23.2. The van der Waals surface area contributed by atoms with E-state index in [9.17, 15) is 13.2 Å². The number of carbonyl (C=O) groups is 1. The summed E-state index contributed by atoms with van der Waals surface area (Å²) in [5.74, 6) is 0.331. The minimum Gasteiger partial charge on any atom is -0.496 e. The Morgan fingerprint density at radius 2 is 1.74 bits per heavy atom. The van der Waals surface area contributed by atoms with Gasteiger partial charge in [-0.1, -0.05) is 17.7 Å². The molecule has 4 rings (SSSR count). The highest BCUT2D eigenvalue weighted by Gasteiger charge is 2.28. The average molecular weight is 579 g/mol. The van der Waals surface area contributed by atoms with E-state index in [0.29, 0.717) is 67.8 Å². The van der Waals surface area contributed by atoms with Gasteiger partial charge in [0.15, 0.2) is 0 Å². The van der Waals surface area contributed by atoms with Crippen LogP contribution in [0.1, 0.15) is 36.2 Å². The molecule has 2 aliphatic rings. The van der Waals surface area contributed by atoms with Crippen LogP contribution in [0.25, 0.3) is 0 Å². The van der Waals surface area contributed by atoms with Gasteiger partial charge in [0.05, 0.1) is 37.8 Å². The van der Waals surface area contributed by atoms with Crippen molar-refractivity contribution in [3.63, 3.8) is 0 Å². The lowest BCUT2D eigenvalue weighted by atomic mass is 10.1. The van der Waals surface area contributed by atoms with E-state index in [1.165, 1.54) is 10.6 Å². The number of fused-ring (bicyclic) bond motifs is 1. The predicted molar refractivity (Wildman–Crippen MR) is 156 cm³/mol. The van der Waals surface area contributed by atoms with E-state index >= 15 is 0 Å². The van der Waals surface area contributed by atoms with Crippen molar-refractivity contribution in [2.75, 3.05) is 75.1 Å². The fraction of sp³-hybridized carbons (Fsp3) is 0.536. The van der Waals surface area contributed by atoms with Crippen molar-refractivity contribution in [2.45, 2.75) is 32.9 Å². The van der Waals surface area contributed by atoms with Crippen LogP contribution in [0.2, 0.25) is 5.02 Å². The fourth-order valence-corrected chi connectivity index (χ4v) is 6.33. The van der Waals surface area contributed by atoms with Gasteiger partial charge in [-0.3, -0.25) is 14.0 Å². The minimum absolute atomic E-state index is 0.170. The van der Waals surface area contributed by atoms with Gasteiger partial charge in [0.1, 0.15) is 5.75 Å². The van der Waals surface area contributed by atoms with E-state index in [1.54, 1.807) is 24.1 Å². The number of hydrogen-bond acceptors (Lipinski definition) is 7. The number of benzene rings is 2. The molecule has 1 fully saturated rings. The van der Waals surface area contributed by atoms with Gasteiger partial charge in [-0.25, -0.2) is 8.42 Å². The van der Waals surface area contributed by atoms with E-state index < -0.39 is 10.0 Å². The fourth-order valence-electron chi connectivity index (χ4n) is 5.17. The van der Waals surface area contributed by atoms with E-state index in [0.717, 1.165) is 24.3 Å². The summed E-state index contributed by atoms with van der Waals surface area (Å²) < 4.78 is 38.3. The lowest BCUT2D eigenvalue weighted by Crippen LogP contribution is -2.41. The van der Waals surface area contributed by atoms with Crippen molar-refractivity contribution in [3.05, 3.63) is 52.5 Å². The van der Waals surface area contributed by atoms with E-state index in [2.05, 4.69) is 23.6 Å². The molecule has 0 saturated carbocycles. The molecule has 1 amide bonds. The Bertz CT molecular complexity index is 1270. The number of amides is 1. The lowest BCUT2D eigenvalue weighted by Gasteiger charge is -2.31. The maximum Gasteiger partial charge on any atom is 0.258 e. The molecule has 2 aromatic rings. The maximum atomic E-state index is 14.2. The van der Waals surface area contributed by atoms with Crippen molar-refractivity contribution < 1.29 is 22.7 Å². The quantitative estimate of drug-likeness (QED) is 0.535. The van der Waals surface area contributed by atoms with Crippen LogP contribution < -0.4 is 13.9 Å². The molecule has 0 radical (unpaired) electrons. The molecular formula is C28H39ClN4O5S. The predicted octanol–water partition coefficient (Wildman–Crippen LogP) is 3.71. The zero-order valence-corrected chi connectivity index (χ0v) is 24.8. The number of anilines is 2. The Kier molecular flexibility index (Phi) is 9.64. The summed E-state index contributed by atoms with van der Waals surface area (Å²) in [7, 11) is -2.01. The van der Waals surface area contributed by atoms with Crippen LogP contribution >= 0.6 is 11.6 Å². The Hall–Kier alpha value is -2.53. The number of nitrogens with zero attached hydrogens (tertiary/aromatic N) is 4. The van der Waals surface area contributed by atoms with Crippen molar-refractivity contribution >= 4 is 38.9 Å². The molecule has 2 aliphatic heterocycles. The van der Waals surface area contributed by atoms with Crippen LogP contribution in [0.4, 0.5) is 11.4 Å². The molecule has 0 spiro atoms. The summed E-state index contributed by atoms with van der Waals surface area (Å²) in [4.78, 5) is 20.5. The molecule has 2 heterocycles. The van der Waals surface area contributed by atoms with Crippen LogP contribution in [-0.4, -0.2) is 96.0 Å². The number of halogens is 1. The average Bonchev–Trinajstić information content (AvgIpc) is 2.95.